The number of hydrogen-bond donors (Lipinski definition) is 0. The van der Waals surface area contributed by atoms with Crippen molar-refractivity contribution in [2.45, 2.75) is 146 Å². The number of unbranched alkanes of at least 4 members (excludes halogenated alkanes) is 2. The maximum Gasteiger partial charge on any atom is 0.101 e. The molecule has 0 bridgehead atoms. The van der Waals surface area contributed by atoms with Crippen molar-refractivity contribution in [1.29, 1.82) is 0 Å². The van der Waals surface area contributed by atoms with Gasteiger partial charge in [-0.3, -0.25) is 0 Å². The van der Waals surface area contributed by atoms with Crippen molar-refractivity contribution in [1.82, 2.24) is 0 Å². The van der Waals surface area contributed by atoms with Crippen molar-refractivity contribution in [2.75, 3.05) is 0 Å². The zero-order valence-corrected chi connectivity index (χ0v) is 21.6. The highest BCUT2D eigenvalue weighted by molar-refractivity contribution is 4.91. The monoisotopic (exact) mass is 398 g/mol. The highest BCUT2D eigenvalue weighted by Crippen LogP contribution is 2.46. The standard InChI is InChI=1S/C26H54O2/c1-13-17-19-21(23(5,6)15-3)25(9,10)27-28-26(11,12)22(20-18-14-2)24(7,8)16-4/h21-22H,13-20H2,1-12H3. The zero-order chi connectivity index (χ0) is 22.2. The summed E-state index contributed by atoms with van der Waals surface area (Å²) in [5.74, 6) is 0.933. The van der Waals surface area contributed by atoms with Gasteiger partial charge in [0.05, 0.1) is 0 Å². The Morgan fingerprint density at radius 3 is 1.04 bits per heavy atom. The van der Waals surface area contributed by atoms with Crippen molar-refractivity contribution >= 4 is 0 Å². The van der Waals surface area contributed by atoms with Gasteiger partial charge in [-0.1, -0.05) is 93.9 Å². The van der Waals surface area contributed by atoms with Crippen LogP contribution in [0.25, 0.3) is 0 Å². The Kier molecular flexibility index (Phi) is 11.3. The van der Waals surface area contributed by atoms with Crippen molar-refractivity contribution in [3.8, 4) is 0 Å². The fraction of sp³-hybridized carbons (Fsp3) is 1.00. The van der Waals surface area contributed by atoms with Gasteiger partial charge < -0.3 is 0 Å². The molecule has 0 spiro atoms. The van der Waals surface area contributed by atoms with Crippen LogP contribution >= 0.6 is 0 Å². The molecule has 170 valence electrons. The van der Waals surface area contributed by atoms with Gasteiger partial charge in [0.25, 0.3) is 0 Å². The first kappa shape index (κ1) is 27.9. The summed E-state index contributed by atoms with van der Waals surface area (Å²) in [4.78, 5) is 12.7. The lowest BCUT2D eigenvalue weighted by atomic mass is 9.67. The van der Waals surface area contributed by atoms with E-state index < -0.39 is 0 Å². The van der Waals surface area contributed by atoms with Gasteiger partial charge in [-0.15, -0.1) is 0 Å². The van der Waals surface area contributed by atoms with E-state index in [0.29, 0.717) is 11.8 Å². The normalized spacial score (nSPS) is 16.3. The maximum absolute atomic E-state index is 6.34. The second kappa shape index (κ2) is 11.3. The van der Waals surface area contributed by atoms with E-state index in [4.69, 9.17) is 9.78 Å². The lowest BCUT2D eigenvalue weighted by Gasteiger charge is -2.47. The summed E-state index contributed by atoms with van der Waals surface area (Å²) in [6.45, 7) is 27.6. The van der Waals surface area contributed by atoms with Crippen molar-refractivity contribution in [2.24, 2.45) is 22.7 Å². The topological polar surface area (TPSA) is 18.5 Å². The van der Waals surface area contributed by atoms with Crippen LogP contribution in [0.2, 0.25) is 0 Å². The lowest BCUT2D eigenvalue weighted by Crippen LogP contribution is -2.48. The number of hydrogen-bond acceptors (Lipinski definition) is 2. The summed E-state index contributed by atoms with van der Waals surface area (Å²) in [7, 11) is 0. The minimum absolute atomic E-state index is 0.233. The van der Waals surface area contributed by atoms with Crippen LogP contribution in [0, 0.1) is 22.7 Å². The molecule has 2 nitrogen and oxygen atoms in total. The molecule has 2 unspecified atom stereocenters. The molecule has 2 heteroatoms. The molecule has 0 aromatic rings. The van der Waals surface area contributed by atoms with Crippen molar-refractivity contribution in [3.05, 3.63) is 0 Å². The predicted molar refractivity (Wildman–Crippen MR) is 125 cm³/mol. The van der Waals surface area contributed by atoms with E-state index in [1.807, 2.05) is 0 Å². The first-order valence-electron chi connectivity index (χ1n) is 12.1. The van der Waals surface area contributed by atoms with E-state index in [1.54, 1.807) is 0 Å². The third kappa shape index (κ3) is 7.98. The molecule has 2 atom stereocenters. The predicted octanol–water partition coefficient (Wildman–Crippen LogP) is 8.98. The van der Waals surface area contributed by atoms with E-state index in [9.17, 15) is 0 Å². The molecule has 0 saturated heterocycles. The summed E-state index contributed by atoms with van der Waals surface area (Å²) in [6, 6.07) is 0. The highest BCUT2D eigenvalue weighted by Gasteiger charge is 2.45. The Hall–Kier alpha value is -0.0800. The molecule has 0 fully saturated rings. The van der Waals surface area contributed by atoms with Gasteiger partial charge >= 0.3 is 0 Å². The molecular formula is C26H54O2. The van der Waals surface area contributed by atoms with E-state index in [-0.39, 0.29) is 22.0 Å². The average Bonchev–Trinajstić information content (AvgIpc) is 2.60. The van der Waals surface area contributed by atoms with Crippen LogP contribution in [0.5, 0.6) is 0 Å². The van der Waals surface area contributed by atoms with Gasteiger partial charge in [0.15, 0.2) is 0 Å². The molecule has 0 radical (unpaired) electrons. The number of rotatable bonds is 15. The smallest absolute Gasteiger partial charge is 0.101 e. The second-order valence-corrected chi connectivity index (χ2v) is 11.4. The molecule has 0 aliphatic heterocycles. The molecule has 0 aromatic heterocycles. The maximum atomic E-state index is 6.34. The van der Waals surface area contributed by atoms with E-state index in [1.165, 1.54) is 38.5 Å². The molecule has 0 aliphatic carbocycles. The zero-order valence-electron chi connectivity index (χ0n) is 21.6. The molecule has 0 aliphatic rings. The Balaban J connectivity index is 5.48. The minimum atomic E-state index is -0.308. The van der Waals surface area contributed by atoms with Crippen LogP contribution in [0.1, 0.15) is 134 Å². The second-order valence-electron chi connectivity index (χ2n) is 11.4. The average molecular weight is 399 g/mol. The third-order valence-corrected chi connectivity index (χ3v) is 7.55. The minimum Gasteiger partial charge on any atom is -0.230 e. The lowest BCUT2D eigenvalue weighted by molar-refractivity contribution is -0.426. The first-order valence-corrected chi connectivity index (χ1v) is 12.1. The summed E-state index contributed by atoms with van der Waals surface area (Å²) >= 11 is 0. The molecular weight excluding hydrogens is 344 g/mol. The molecule has 0 heterocycles. The Bertz CT molecular complexity index is 380. The van der Waals surface area contributed by atoms with Gasteiger partial charge in [0.1, 0.15) is 11.2 Å². The molecule has 28 heavy (non-hydrogen) atoms. The SMILES string of the molecule is CCCCC(C(C)(C)CC)C(C)(C)OOC(C)(C)C(CCCC)C(C)(C)CC. The van der Waals surface area contributed by atoms with Gasteiger partial charge in [-0.05, 0) is 63.2 Å². The summed E-state index contributed by atoms with van der Waals surface area (Å²) in [6.07, 6.45) is 9.62. The van der Waals surface area contributed by atoms with Crippen LogP contribution in [-0.2, 0) is 9.78 Å². The third-order valence-electron chi connectivity index (χ3n) is 7.55. The fourth-order valence-electron chi connectivity index (χ4n) is 5.00. The molecule has 0 amide bonds. The van der Waals surface area contributed by atoms with Gasteiger partial charge in [-0.2, -0.15) is 0 Å². The van der Waals surface area contributed by atoms with E-state index in [0.717, 1.165) is 12.8 Å². The summed E-state index contributed by atoms with van der Waals surface area (Å²) < 4.78 is 0. The van der Waals surface area contributed by atoms with Gasteiger partial charge in [0.2, 0.25) is 0 Å². The Morgan fingerprint density at radius 2 is 0.821 bits per heavy atom. The highest BCUT2D eigenvalue weighted by atomic mass is 17.2. The summed E-state index contributed by atoms with van der Waals surface area (Å²) in [5.41, 5.74) is -0.151. The van der Waals surface area contributed by atoms with Gasteiger partial charge in [-0.25, -0.2) is 9.78 Å². The Morgan fingerprint density at radius 1 is 0.536 bits per heavy atom. The van der Waals surface area contributed by atoms with E-state index in [2.05, 4.69) is 83.1 Å². The van der Waals surface area contributed by atoms with Crippen LogP contribution in [-0.4, -0.2) is 11.2 Å². The molecule has 0 rings (SSSR count). The van der Waals surface area contributed by atoms with Crippen LogP contribution < -0.4 is 0 Å². The van der Waals surface area contributed by atoms with Crippen molar-refractivity contribution in [3.63, 3.8) is 0 Å². The van der Waals surface area contributed by atoms with Gasteiger partial charge in [0, 0.05) is 0 Å². The fourth-order valence-corrected chi connectivity index (χ4v) is 5.00. The van der Waals surface area contributed by atoms with Crippen LogP contribution in [0.4, 0.5) is 0 Å². The van der Waals surface area contributed by atoms with Crippen molar-refractivity contribution < 1.29 is 9.78 Å². The summed E-state index contributed by atoms with van der Waals surface area (Å²) in [5, 5.41) is 0. The largest absolute Gasteiger partial charge is 0.230 e. The molecule has 0 N–H and O–H groups in total. The van der Waals surface area contributed by atoms with Crippen LogP contribution in [0.3, 0.4) is 0 Å². The first-order chi connectivity index (χ1) is 12.7. The molecule has 0 aromatic carbocycles. The Labute approximate surface area is 178 Å². The molecule has 0 saturated carbocycles. The quantitative estimate of drug-likeness (QED) is 0.202. The van der Waals surface area contributed by atoms with Crippen LogP contribution in [0.15, 0.2) is 0 Å². The van der Waals surface area contributed by atoms with E-state index >= 15 is 0 Å².